The molecule has 1 fully saturated rings. The summed E-state index contributed by atoms with van der Waals surface area (Å²) in [5, 5.41) is 4.30. The summed E-state index contributed by atoms with van der Waals surface area (Å²) in [5.74, 6) is -0.0851. The van der Waals surface area contributed by atoms with Gasteiger partial charge in [-0.05, 0) is 31.0 Å². The van der Waals surface area contributed by atoms with Crippen LogP contribution in [0.1, 0.15) is 23.3 Å². The van der Waals surface area contributed by atoms with Crippen LogP contribution in [0.4, 0.5) is 0 Å². The fourth-order valence-electron chi connectivity index (χ4n) is 3.21. The Kier molecular flexibility index (Phi) is 4.33. The number of hydrogen-bond acceptors (Lipinski definition) is 4. The Morgan fingerprint density at radius 1 is 1.12 bits per heavy atom. The molecule has 7 heteroatoms. The van der Waals surface area contributed by atoms with Crippen molar-refractivity contribution in [2.75, 3.05) is 27.2 Å². The second-order valence-electron chi connectivity index (χ2n) is 6.19. The van der Waals surface area contributed by atoms with Gasteiger partial charge in [0.15, 0.2) is 0 Å². The van der Waals surface area contributed by atoms with Gasteiger partial charge >= 0.3 is 0 Å². The van der Waals surface area contributed by atoms with Gasteiger partial charge in [0, 0.05) is 45.8 Å². The summed E-state index contributed by atoms with van der Waals surface area (Å²) >= 11 is 0. The van der Waals surface area contributed by atoms with E-state index >= 15 is 0 Å². The normalized spacial score (nSPS) is 16.7. The van der Waals surface area contributed by atoms with Gasteiger partial charge in [-0.15, -0.1) is 0 Å². The van der Waals surface area contributed by atoms with Gasteiger partial charge in [0.05, 0.1) is 0 Å². The summed E-state index contributed by atoms with van der Waals surface area (Å²) in [6.45, 7) is 0.990. The lowest BCUT2D eigenvalue weighted by molar-refractivity contribution is -0.141. The maximum absolute atomic E-state index is 12.8. The summed E-state index contributed by atoms with van der Waals surface area (Å²) in [7, 11) is 3.50. The third-order valence-electron chi connectivity index (χ3n) is 4.51. The number of likely N-dealkylation sites (tertiary alicyclic amines) is 1. The van der Waals surface area contributed by atoms with Crippen LogP contribution in [0, 0.1) is 0 Å². The zero-order chi connectivity index (χ0) is 17.2. The summed E-state index contributed by atoms with van der Waals surface area (Å²) in [5.41, 5.74) is -0.295. The number of carbonyl (C=O) groups excluding carboxylic acids is 2. The minimum absolute atomic E-state index is 0.0103. The Bertz CT molecular complexity index is 704. The average molecular weight is 327 g/mol. The highest BCUT2D eigenvalue weighted by Gasteiger charge is 2.45. The van der Waals surface area contributed by atoms with Crippen LogP contribution in [0.15, 0.2) is 42.9 Å². The largest absolute Gasteiger partial charge is 0.347 e. The second-order valence-corrected chi connectivity index (χ2v) is 6.19. The molecule has 0 saturated carbocycles. The smallest absolute Gasteiger partial charge is 0.272 e. The van der Waals surface area contributed by atoms with Gasteiger partial charge in [-0.2, -0.15) is 5.10 Å². The van der Waals surface area contributed by atoms with Crippen molar-refractivity contribution in [2.24, 2.45) is 0 Å². The van der Waals surface area contributed by atoms with Crippen molar-refractivity contribution in [3.63, 3.8) is 0 Å². The maximum atomic E-state index is 12.8. The quantitative estimate of drug-likeness (QED) is 0.843. The van der Waals surface area contributed by atoms with E-state index in [1.165, 1.54) is 0 Å². The minimum Gasteiger partial charge on any atom is -0.347 e. The zero-order valence-corrected chi connectivity index (χ0v) is 13.9. The first kappa shape index (κ1) is 16.2. The molecule has 2 amide bonds. The van der Waals surface area contributed by atoms with Gasteiger partial charge in [0.25, 0.3) is 5.91 Å². The number of hydrogen-bond donors (Lipinski definition) is 0. The van der Waals surface area contributed by atoms with Gasteiger partial charge in [-0.1, -0.05) is 6.07 Å². The molecule has 7 nitrogen and oxygen atoms in total. The lowest BCUT2D eigenvalue weighted by atomic mass is 9.86. The molecule has 0 atom stereocenters. The molecule has 126 valence electrons. The molecule has 1 aliphatic rings. The first-order chi connectivity index (χ1) is 11.5. The van der Waals surface area contributed by atoms with Crippen molar-refractivity contribution in [1.82, 2.24) is 24.6 Å². The number of rotatable bonds is 3. The molecule has 2 aromatic rings. The maximum Gasteiger partial charge on any atom is 0.272 e. The SMILES string of the molecule is CN(C)C(=O)C1(n2cccn2)CCN(C(=O)c2ccccn2)CC1. The third-order valence-corrected chi connectivity index (χ3v) is 4.51. The summed E-state index contributed by atoms with van der Waals surface area (Å²) in [6, 6.07) is 7.11. The fourth-order valence-corrected chi connectivity index (χ4v) is 3.21. The summed E-state index contributed by atoms with van der Waals surface area (Å²) < 4.78 is 1.73. The van der Waals surface area contributed by atoms with Gasteiger partial charge < -0.3 is 9.80 Å². The van der Waals surface area contributed by atoms with Crippen molar-refractivity contribution >= 4 is 11.8 Å². The Morgan fingerprint density at radius 2 is 1.88 bits per heavy atom. The zero-order valence-electron chi connectivity index (χ0n) is 13.9. The first-order valence-corrected chi connectivity index (χ1v) is 7.97. The number of likely N-dealkylation sites (N-methyl/N-ethyl adjacent to an activating group) is 1. The molecule has 0 aromatic carbocycles. The molecule has 0 bridgehead atoms. The Labute approximate surface area is 140 Å². The van der Waals surface area contributed by atoms with E-state index in [0.29, 0.717) is 31.6 Å². The predicted octanol–water partition coefficient (Wildman–Crippen LogP) is 0.998. The summed E-state index contributed by atoms with van der Waals surface area (Å²) in [6.07, 6.45) is 6.17. The highest BCUT2D eigenvalue weighted by molar-refractivity contribution is 5.92. The van der Waals surface area contributed by atoms with Crippen molar-refractivity contribution < 1.29 is 9.59 Å². The number of pyridine rings is 1. The van der Waals surface area contributed by atoms with E-state index in [2.05, 4.69) is 10.1 Å². The van der Waals surface area contributed by atoms with Crippen LogP contribution in [0.2, 0.25) is 0 Å². The van der Waals surface area contributed by atoms with Crippen molar-refractivity contribution in [3.05, 3.63) is 48.5 Å². The van der Waals surface area contributed by atoms with Crippen molar-refractivity contribution in [2.45, 2.75) is 18.4 Å². The van der Waals surface area contributed by atoms with Crippen LogP contribution >= 0.6 is 0 Å². The van der Waals surface area contributed by atoms with E-state index < -0.39 is 5.54 Å². The highest BCUT2D eigenvalue weighted by atomic mass is 16.2. The average Bonchev–Trinajstić information content (AvgIpc) is 3.16. The molecule has 3 heterocycles. The van der Waals surface area contributed by atoms with Crippen molar-refractivity contribution in [1.29, 1.82) is 0 Å². The lowest BCUT2D eigenvalue weighted by Crippen LogP contribution is -2.55. The molecule has 0 spiro atoms. The Balaban J connectivity index is 1.80. The second kappa shape index (κ2) is 6.43. The molecular formula is C17H21N5O2. The Hall–Kier alpha value is -2.70. The standard InChI is InChI=1S/C17H21N5O2/c1-20(2)16(24)17(22-11-5-10-19-22)7-12-21(13-8-17)15(23)14-6-3-4-9-18-14/h3-6,9-11H,7-8,12-13H2,1-2H3. The summed E-state index contributed by atoms with van der Waals surface area (Å²) in [4.78, 5) is 32.8. The van der Waals surface area contributed by atoms with Gasteiger partial charge in [-0.25, -0.2) is 0 Å². The topological polar surface area (TPSA) is 71.3 Å². The van der Waals surface area contributed by atoms with Gasteiger partial charge in [0.2, 0.25) is 5.91 Å². The molecule has 0 aliphatic carbocycles. The molecule has 0 N–H and O–H groups in total. The van der Waals surface area contributed by atoms with E-state index in [9.17, 15) is 9.59 Å². The number of aromatic nitrogens is 3. The van der Waals surface area contributed by atoms with E-state index in [4.69, 9.17) is 0 Å². The predicted molar refractivity (Wildman–Crippen MR) is 88.3 cm³/mol. The molecular weight excluding hydrogens is 306 g/mol. The van der Waals surface area contributed by atoms with E-state index in [1.54, 1.807) is 59.2 Å². The van der Waals surface area contributed by atoms with E-state index in [0.717, 1.165) is 0 Å². The Morgan fingerprint density at radius 3 is 2.42 bits per heavy atom. The van der Waals surface area contributed by atoms with E-state index in [1.807, 2.05) is 12.3 Å². The van der Waals surface area contributed by atoms with Crippen LogP contribution in [0.5, 0.6) is 0 Å². The van der Waals surface area contributed by atoms with Gasteiger partial charge in [-0.3, -0.25) is 19.3 Å². The van der Waals surface area contributed by atoms with Crippen LogP contribution in [0.3, 0.4) is 0 Å². The first-order valence-electron chi connectivity index (χ1n) is 7.97. The van der Waals surface area contributed by atoms with Crippen LogP contribution in [-0.4, -0.2) is 63.6 Å². The lowest BCUT2D eigenvalue weighted by Gasteiger charge is -2.41. The van der Waals surface area contributed by atoms with Gasteiger partial charge in [0.1, 0.15) is 11.2 Å². The molecule has 1 aliphatic heterocycles. The number of piperidine rings is 1. The molecule has 3 rings (SSSR count). The molecule has 24 heavy (non-hydrogen) atoms. The fraction of sp³-hybridized carbons (Fsp3) is 0.412. The van der Waals surface area contributed by atoms with Crippen molar-refractivity contribution in [3.8, 4) is 0 Å². The van der Waals surface area contributed by atoms with Crippen LogP contribution in [0.25, 0.3) is 0 Å². The highest BCUT2D eigenvalue weighted by Crippen LogP contribution is 2.31. The minimum atomic E-state index is -0.728. The van der Waals surface area contributed by atoms with E-state index in [-0.39, 0.29) is 11.8 Å². The molecule has 0 radical (unpaired) electrons. The van der Waals surface area contributed by atoms with Crippen LogP contribution in [-0.2, 0) is 10.3 Å². The molecule has 0 unspecified atom stereocenters. The number of nitrogens with zero attached hydrogens (tertiary/aromatic N) is 5. The monoisotopic (exact) mass is 327 g/mol. The van der Waals surface area contributed by atoms with Crippen LogP contribution < -0.4 is 0 Å². The molecule has 2 aromatic heterocycles. The third kappa shape index (κ3) is 2.77. The number of amides is 2. The molecule has 1 saturated heterocycles. The number of carbonyl (C=O) groups is 2.